The van der Waals surface area contributed by atoms with Gasteiger partial charge in [-0.2, -0.15) is 16.1 Å². The number of hydrogen-bond acceptors (Lipinski definition) is 4. The predicted molar refractivity (Wildman–Crippen MR) is 83.9 cm³/mol. The maximum Gasteiger partial charge on any atom is 0.244 e. The third-order valence-corrected chi connectivity index (χ3v) is 7.41. The van der Waals surface area contributed by atoms with Crippen molar-refractivity contribution in [2.45, 2.75) is 49.0 Å². The molecule has 1 unspecified atom stereocenters. The van der Waals surface area contributed by atoms with Gasteiger partial charge in [0.15, 0.2) is 0 Å². The van der Waals surface area contributed by atoms with Crippen molar-refractivity contribution in [3.8, 4) is 0 Å². The van der Waals surface area contributed by atoms with Gasteiger partial charge in [-0.3, -0.25) is 0 Å². The number of sulfonamides is 1. The van der Waals surface area contributed by atoms with Crippen LogP contribution in [0.5, 0.6) is 0 Å². The summed E-state index contributed by atoms with van der Waals surface area (Å²) in [6, 6.07) is 2.01. The Labute approximate surface area is 130 Å². The molecule has 1 aromatic rings. The number of thioether (sulfide) groups is 1. The van der Waals surface area contributed by atoms with Gasteiger partial charge in [-0.05, 0) is 25.3 Å². The molecule has 1 atom stereocenters. The van der Waals surface area contributed by atoms with E-state index in [1.165, 1.54) is 0 Å². The molecule has 3 rings (SSSR count). The Hall–Kier alpha value is -0.500. The molecule has 1 aliphatic heterocycles. The fraction of sp³-hybridized carbons (Fsp3) is 0.714. The Kier molecular flexibility index (Phi) is 4.36. The summed E-state index contributed by atoms with van der Waals surface area (Å²) < 4.78 is 29.1. The first kappa shape index (κ1) is 15.4. The van der Waals surface area contributed by atoms with Crippen LogP contribution in [-0.4, -0.2) is 46.5 Å². The van der Waals surface area contributed by atoms with Crippen molar-refractivity contribution in [1.82, 2.24) is 8.87 Å². The highest BCUT2D eigenvalue weighted by Gasteiger charge is 2.33. The van der Waals surface area contributed by atoms with Crippen LogP contribution in [-0.2, 0) is 16.6 Å². The highest BCUT2D eigenvalue weighted by Crippen LogP contribution is 2.38. The Morgan fingerprint density at radius 1 is 1.43 bits per heavy atom. The van der Waals surface area contributed by atoms with Crippen molar-refractivity contribution in [3.63, 3.8) is 0 Å². The molecular weight excluding hydrogens is 308 g/mol. The van der Waals surface area contributed by atoms with Crippen LogP contribution in [0.4, 0.5) is 0 Å². The van der Waals surface area contributed by atoms with Gasteiger partial charge in [0.1, 0.15) is 4.90 Å². The number of rotatable bonds is 5. The minimum Gasteiger partial charge on any atom is -0.390 e. The van der Waals surface area contributed by atoms with Crippen molar-refractivity contribution in [3.05, 3.63) is 18.0 Å². The lowest BCUT2D eigenvalue weighted by molar-refractivity contribution is 0.270. The minimum atomic E-state index is -3.43. The molecule has 1 saturated carbocycles. The van der Waals surface area contributed by atoms with Gasteiger partial charge in [0, 0.05) is 42.0 Å². The fourth-order valence-corrected chi connectivity index (χ4v) is 5.69. The molecule has 118 valence electrons. The van der Waals surface area contributed by atoms with Crippen LogP contribution in [0.25, 0.3) is 0 Å². The van der Waals surface area contributed by atoms with Crippen LogP contribution in [0, 0.1) is 0 Å². The summed E-state index contributed by atoms with van der Waals surface area (Å²) in [5.74, 6) is 0.855. The molecule has 21 heavy (non-hydrogen) atoms. The lowest BCUT2D eigenvalue weighted by atomic mass is 10.3. The maximum absolute atomic E-state index is 12.8. The number of hydrogen-bond donors (Lipinski definition) is 1. The van der Waals surface area contributed by atoms with E-state index in [0.29, 0.717) is 35.0 Å². The molecule has 0 bridgehead atoms. The summed E-state index contributed by atoms with van der Waals surface area (Å²) in [7, 11) is -3.43. The zero-order valence-corrected chi connectivity index (χ0v) is 13.9. The molecule has 2 aliphatic rings. The van der Waals surface area contributed by atoms with Gasteiger partial charge in [-0.1, -0.05) is 6.92 Å². The Balaban J connectivity index is 1.87. The van der Waals surface area contributed by atoms with E-state index >= 15 is 0 Å². The second-order valence-electron chi connectivity index (χ2n) is 5.73. The van der Waals surface area contributed by atoms with Crippen molar-refractivity contribution in [2.75, 3.05) is 18.8 Å². The molecule has 5 nitrogen and oxygen atoms in total. The average molecular weight is 330 g/mol. The van der Waals surface area contributed by atoms with Gasteiger partial charge in [0.25, 0.3) is 0 Å². The van der Waals surface area contributed by atoms with Crippen LogP contribution in [0.3, 0.4) is 0 Å². The van der Waals surface area contributed by atoms with Gasteiger partial charge < -0.3 is 9.67 Å². The topological polar surface area (TPSA) is 62.5 Å². The SMILES string of the molecule is CCC1CN(S(=O)(=O)c2cc(CO)n(C3CC3)c2)CCS1. The minimum absolute atomic E-state index is 0.112. The summed E-state index contributed by atoms with van der Waals surface area (Å²) in [6.07, 6.45) is 4.84. The van der Waals surface area contributed by atoms with E-state index in [1.54, 1.807) is 16.6 Å². The van der Waals surface area contributed by atoms with Crippen molar-refractivity contribution in [1.29, 1.82) is 0 Å². The second kappa shape index (κ2) is 5.95. The summed E-state index contributed by atoms with van der Waals surface area (Å²) in [6.45, 7) is 3.15. The first-order valence-electron chi connectivity index (χ1n) is 7.49. The van der Waals surface area contributed by atoms with Crippen LogP contribution in [0.15, 0.2) is 17.2 Å². The number of aliphatic hydroxyl groups excluding tert-OH is 1. The fourth-order valence-electron chi connectivity index (χ4n) is 2.76. The largest absolute Gasteiger partial charge is 0.390 e. The van der Waals surface area contributed by atoms with Gasteiger partial charge in [0.05, 0.1) is 6.61 Å². The summed E-state index contributed by atoms with van der Waals surface area (Å²) in [5.41, 5.74) is 0.703. The highest BCUT2D eigenvalue weighted by molar-refractivity contribution is 8.00. The Morgan fingerprint density at radius 3 is 2.81 bits per heavy atom. The van der Waals surface area contributed by atoms with E-state index in [0.717, 1.165) is 25.0 Å². The summed E-state index contributed by atoms with van der Waals surface area (Å²) in [5, 5.41) is 9.82. The smallest absolute Gasteiger partial charge is 0.244 e. The molecule has 0 radical (unpaired) electrons. The number of aliphatic hydroxyl groups is 1. The first-order chi connectivity index (χ1) is 10.1. The maximum atomic E-state index is 12.8. The zero-order valence-electron chi connectivity index (χ0n) is 12.2. The van der Waals surface area contributed by atoms with E-state index < -0.39 is 10.0 Å². The first-order valence-corrected chi connectivity index (χ1v) is 9.98. The summed E-state index contributed by atoms with van der Waals surface area (Å²) >= 11 is 1.85. The molecule has 1 aromatic heterocycles. The molecule has 0 amide bonds. The van der Waals surface area contributed by atoms with Gasteiger partial charge in [0.2, 0.25) is 10.0 Å². The highest BCUT2D eigenvalue weighted by atomic mass is 32.2. The molecular formula is C14H22N2O3S2. The Morgan fingerprint density at radius 2 is 2.19 bits per heavy atom. The van der Waals surface area contributed by atoms with E-state index in [1.807, 2.05) is 16.3 Å². The molecule has 1 saturated heterocycles. The quantitative estimate of drug-likeness (QED) is 0.895. The lowest BCUT2D eigenvalue weighted by Gasteiger charge is -2.30. The molecule has 7 heteroatoms. The van der Waals surface area contributed by atoms with Crippen molar-refractivity contribution < 1.29 is 13.5 Å². The van der Waals surface area contributed by atoms with Crippen LogP contribution >= 0.6 is 11.8 Å². The zero-order chi connectivity index (χ0) is 15.0. The van der Waals surface area contributed by atoms with Gasteiger partial charge in [-0.15, -0.1) is 0 Å². The van der Waals surface area contributed by atoms with Gasteiger partial charge >= 0.3 is 0 Å². The van der Waals surface area contributed by atoms with Crippen molar-refractivity contribution in [2.24, 2.45) is 0 Å². The Bertz CT molecular complexity index is 608. The third-order valence-electron chi connectivity index (χ3n) is 4.20. The normalized spacial score (nSPS) is 24.4. The van der Waals surface area contributed by atoms with Crippen LogP contribution in [0.1, 0.15) is 37.9 Å². The van der Waals surface area contributed by atoms with E-state index in [4.69, 9.17) is 0 Å². The number of aromatic nitrogens is 1. The molecule has 2 heterocycles. The van der Waals surface area contributed by atoms with Crippen LogP contribution < -0.4 is 0 Å². The third kappa shape index (κ3) is 3.02. The molecule has 2 fully saturated rings. The van der Waals surface area contributed by atoms with Gasteiger partial charge in [-0.25, -0.2) is 8.42 Å². The van der Waals surface area contributed by atoms with E-state index in [2.05, 4.69) is 6.92 Å². The monoisotopic (exact) mass is 330 g/mol. The van der Waals surface area contributed by atoms with Crippen molar-refractivity contribution >= 4 is 21.8 Å². The molecule has 0 spiro atoms. The number of nitrogens with zero attached hydrogens (tertiary/aromatic N) is 2. The van der Waals surface area contributed by atoms with E-state index in [9.17, 15) is 13.5 Å². The molecule has 1 aliphatic carbocycles. The molecule has 1 N–H and O–H groups in total. The predicted octanol–water partition coefficient (Wildman–Crippen LogP) is 1.83. The van der Waals surface area contributed by atoms with E-state index in [-0.39, 0.29) is 6.61 Å². The lowest BCUT2D eigenvalue weighted by Crippen LogP contribution is -2.41. The average Bonchev–Trinajstić information content (AvgIpc) is 3.25. The van der Waals surface area contributed by atoms with Crippen LogP contribution in [0.2, 0.25) is 0 Å². The summed E-state index contributed by atoms with van der Waals surface area (Å²) in [4.78, 5) is 0.334. The molecule has 0 aromatic carbocycles. The second-order valence-corrected chi connectivity index (χ2v) is 9.07. The standard InChI is InChI=1S/C14H22N2O3S2/c1-2-13-8-15(5-6-20-13)21(18,19)14-7-12(10-17)16(9-14)11-3-4-11/h7,9,11,13,17H,2-6,8,10H2,1H3.